The first kappa shape index (κ1) is 30.2. The van der Waals surface area contributed by atoms with E-state index in [2.05, 4.69) is 15.8 Å². The monoisotopic (exact) mass is 578 g/mol. The molecule has 41 heavy (non-hydrogen) atoms. The van der Waals surface area contributed by atoms with Gasteiger partial charge < -0.3 is 14.2 Å². The fraction of sp³-hybridized carbons (Fsp3) is 0.643. The number of esters is 2. The lowest BCUT2D eigenvalue weighted by Crippen LogP contribution is -2.60. The van der Waals surface area contributed by atoms with E-state index in [4.69, 9.17) is 24.6 Å². The van der Waals surface area contributed by atoms with Crippen LogP contribution in [0.3, 0.4) is 0 Å². The minimum atomic E-state index is -0.604. The summed E-state index contributed by atoms with van der Waals surface area (Å²) in [4.78, 5) is 54.8. The van der Waals surface area contributed by atoms with Crippen molar-refractivity contribution < 1.29 is 54.1 Å². The second kappa shape index (κ2) is 13.7. The fourth-order valence-corrected chi connectivity index (χ4v) is 6.78. The van der Waals surface area contributed by atoms with Gasteiger partial charge in [0.15, 0.2) is 13.2 Å². The van der Waals surface area contributed by atoms with E-state index in [0.717, 1.165) is 31.2 Å². The molecular formula is C28H38N2O11+2. The first-order valence-electron chi connectivity index (χ1n) is 14.1. The van der Waals surface area contributed by atoms with Crippen LogP contribution in [0.25, 0.3) is 0 Å². The maximum atomic E-state index is 12.7. The molecule has 1 aromatic rings. The predicted octanol–water partition coefficient (Wildman–Crippen LogP) is 3.84. The fourth-order valence-electron chi connectivity index (χ4n) is 6.78. The van der Waals surface area contributed by atoms with Crippen LogP contribution in [0.1, 0.15) is 68.9 Å². The number of carbonyl (C=O) groups is 2. The molecule has 0 spiro atoms. The van der Waals surface area contributed by atoms with E-state index in [-0.39, 0.29) is 32.0 Å². The third-order valence-electron chi connectivity index (χ3n) is 8.35. The Morgan fingerprint density at radius 1 is 0.976 bits per heavy atom. The highest BCUT2D eigenvalue weighted by atomic mass is 17.0. The van der Waals surface area contributed by atoms with Gasteiger partial charge in [0.25, 0.3) is 0 Å². The molecule has 3 aliphatic carbocycles. The molecule has 2 bridgehead atoms. The number of unbranched alkanes of at least 4 members (excludes halogenated alkanes) is 2. The summed E-state index contributed by atoms with van der Waals surface area (Å²) in [5.74, 6) is 0.243. The Bertz CT molecular complexity index is 1160. The summed E-state index contributed by atoms with van der Waals surface area (Å²) in [6.07, 6.45) is 8.81. The maximum Gasteiger partial charge on any atom is 0.475 e. The van der Waals surface area contributed by atoms with Crippen LogP contribution in [-0.2, 0) is 40.6 Å². The molecular weight excluding hydrogens is 540 g/mol. The molecule has 0 heterocycles. The molecule has 0 amide bonds. The molecule has 1 fully saturated rings. The van der Waals surface area contributed by atoms with Crippen molar-refractivity contribution in [2.45, 2.75) is 81.8 Å². The lowest BCUT2D eigenvalue weighted by Gasteiger charge is -2.57. The average Bonchev–Trinajstić information content (AvgIpc) is 2.92. The van der Waals surface area contributed by atoms with E-state index in [9.17, 15) is 19.4 Å². The SMILES string of the molecule is CO[C@H]1[C@@H](OC(=O)CCCCO[N+](=O)O)C=CC2[C@@H]3CCC[C@@]21c1cc(OC(=O)CCCCO[N+](=O)O)ccc1C3. The van der Waals surface area contributed by atoms with Gasteiger partial charge in [-0.15, -0.1) is 0 Å². The summed E-state index contributed by atoms with van der Waals surface area (Å²) >= 11 is 0. The van der Waals surface area contributed by atoms with Crippen molar-refractivity contribution in [2.75, 3.05) is 20.3 Å². The van der Waals surface area contributed by atoms with E-state index >= 15 is 0 Å². The molecule has 2 N–H and O–H groups in total. The van der Waals surface area contributed by atoms with Crippen molar-refractivity contribution in [3.8, 4) is 5.75 Å². The molecule has 0 aliphatic heterocycles. The van der Waals surface area contributed by atoms with Crippen molar-refractivity contribution in [2.24, 2.45) is 11.8 Å². The highest BCUT2D eigenvalue weighted by Gasteiger charge is 2.58. The van der Waals surface area contributed by atoms with Crippen molar-refractivity contribution in [3.05, 3.63) is 51.3 Å². The molecule has 1 saturated carbocycles. The Labute approximate surface area is 237 Å². The predicted molar refractivity (Wildman–Crippen MR) is 139 cm³/mol. The summed E-state index contributed by atoms with van der Waals surface area (Å²) in [6, 6.07) is 5.74. The van der Waals surface area contributed by atoms with Gasteiger partial charge in [0.05, 0.1) is 0 Å². The van der Waals surface area contributed by atoms with Gasteiger partial charge >= 0.3 is 22.1 Å². The number of hydrogen-bond acceptors (Lipinski definition) is 9. The van der Waals surface area contributed by atoms with Crippen LogP contribution < -0.4 is 4.74 Å². The summed E-state index contributed by atoms with van der Waals surface area (Å²) in [7, 11) is 1.63. The summed E-state index contributed by atoms with van der Waals surface area (Å²) in [5, 5.41) is 15.8. The van der Waals surface area contributed by atoms with Crippen LogP contribution in [0.4, 0.5) is 0 Å². The first-order chi connectivity index (χ1) is 19.7. The van der Waals surface area contributed by atoms with E-state index in [1.807, 2.05) is 18.2 Å². The lowest BCUT2D eigenvalue weighted by molar-refractivity contribution is -0.975. The molecule has 4 rings (SSSR count). The minimum absolute atomic E-state index is 0.00678. The molecule has 0 radical (unpaired) electrons. The van der Waals surface area contributed by atoms with Crippen LogP contribution in [0.5, 0.6) is 5.75 Å². The van der Waals surface area contributed by atoms with Gasteiger partial charge in [-0.1, -0.05) is 18.6 Å². The number of hydrogen-bond donors (Lipinski definition) is 2. The Morgan fingerprint density at radius 3 is 2.32 bits per heavy atom. The van der Waals surface area contributed by atoms with Gasteiger partial charge in [-0.2, -0.15) is 9.68 Å². The largest absolute Gasteiger partial charge is 0.475 e. The zero-order valence-electron chi connectivity index (χ0n) is 23.1. The quantitative estimate of drug-likeness (QED) is 0.102. The van der Waals surface area contributed by atoms with Crippen LogP contribution >= 0.6 is 0 Å². The first-order valence-corrected chi connectivity index (χ1v) is 14.1. The third-order valence-corrected chi connectivity index (χ3v) is 8.35. The average molecular weight is 579 g/mol. The van der Waals surface area contributed by atoms with Gasteiger partial charge in [-0.3, -0.25) is 9.59 Å². The molecule has 1 aromatic carbocycles. The molecule has 13 heteroatoms. The van der Waals surface area contributed by atoms with E-state index < -0.39 is 39.7 Å². The topological polar surface area (TPSA) is 161 Å². The Morgan fingerprint density at radius 2 is 1.66 bits per heavy atom. The maximum absolute atomic E-state index is 12.7. The highest BCUT2D eigenvalue weighted by Crippen LogP contribution is 2.58. The summed E-state index contributed by atoms with van der Waals surface area (Å²) in [5.41, 5.74) is 1.77. The van der Waals surface area contributed by atoms with Gasteiger partial charge in [0, 0.05) is 25.4 Å². The zero-order valence-corrected chi connectivity index (χ0v) is 23.1. The lowest BCUT2D eigenvalue weighted by atomic mass is 9.49. The third kappa shape index (κ3) is 7.13. The molecule has 0 saturated heterocycles. The Kier molecular flexibility index (Phi) is 10.1. The van der Waals surface area contributed by atoms with Crippen LogP contribution in [0, 0.1) is 21.6 Å². The molecule has 5 atom stereocenters. The Hall–Kier alpha value is -3.74. The molecule has 3 aliphatic rings. The number of benzene rings is 1. The molecule has 1 unspecified atom stereocenters. The van der Waals surface area contributed by atoms with Gasteiger partial charge in [-0.05, 0) is 86.1 Å². The standard InChI is InChI=1S/C28H38N2O11/c1-37-27-24(41-26(32)9-3-5-16-39-30(35)36)13-12-22-19-7-6-14-28(22,27)23-18-21(11-10-20(23)17-19)40-25(31)8-2-4-15-38-29(33)34/h10-13,18-19,22,24,27H,2-9,14-17H2,1H3,(H,33,34)(H,35,36)/q+2/t19-,22?,24+,27+,28+/m1/s1. The van der Waals surface area contributed by atoms with Crippen molar-refractivity contribution in [1.29, 1.82) is 0 Å². The second-order valence-corrected chi connectivity index (χ2v) is 10.8. The van der Waals surface area contributed by atoms with Crippen LogP contribution in [0.2, 0.25) is 0 Å². The summed E-state index contributed by atoms with van der Waals surface area (Å²) < 4.78 is 17.7. The van der Waals surface area contributed by atoms with Gasteiger partial charge in [0.1, 0.15) is 27.8 Å². The molecule has 0 aromatic heterocycles. The number of ether oxygens (including phenoxy) is 3. The van der Waals surface area contributed by atoms with Crippen LogP contribution in [0.15, 0.2) is 30.4 Å². The number of nitrogens with zero attached hydrogens (tertiary/aromatic N) is 2. The van der Waals surface area contributed by atoms with Crippen molar-refractivity contribution in [3.63, 3.8) is 0 Å². The molecule has 224 valence electrons. The number of methoxy groups -OCH3 is 1. The normalized spacial score (nSPS) is 25.8. The van der Waals surface area contributed by atoms with Gasteiger partial charge in [-0.25, -0.2) is 10.4 Å². The number of fused-ring (bicyclic) bond motifs is 1. The van der Waals surface area contributed by atoms with E-state index in [1.54, 1.807) is 13.2 Å². The zero-order chi connectivity index (χ0) is 29.4. The number of rotatable bonds is 15. The van der Waals surface area contributed by atoms with E-state index in [0.29, 0.717) is 37.4 Å². The van der Waals surface area contributed by atoms with E-state index in [1.165, 1.54) is 5.56 Å². The van der Waals surface area contributed by atoms with Crippen molar-refractivity contribution in [1.82, 2.24) is 0 Å². The Balaban J connectivity index is 1.47. The van der Waals surface area contributed by atoms with Crippen LogP contribution in [-0.4, -0.2) is 65.1 Å². The molecule has 13 nitrogen and oxygen atoms in total. The minimum Gasteiger partial charge on any atom is -0.455 e. The summed E-state index contributed by atoms with van der Waals surface area (Å²) in [6.45, 7) is -0.0152. The highest BCUT2D eigenvalue weighted by molar-refractivity contribution is 5.72. The smallest absolute Gasteiger partial charge is 0.455 e. The van der Waals surface area contributed by atoms with Gasteiger partial charge in [0.2, 0.25) is 0 Å². The number of allylic oxidation sites excluding steroid dienone is 1. The van der Waals surface area contributed by atoms with Crippen molar-refractivity contribution >= 4 is 11.9 Å². The second-order valence-electron chi connectivity index (χ2n) is 10.8. The number of carbonyl (C=O) groups excluding carboxylic acids is 2.